The van der Waals surface area contributed by atoms with E-state index in [4.69, 9.17) is 5.73 Å². The van der Waals surface area contributed by atoms with Crippen molar-refractivity contribution in [3.63, 3.8) is 0 Å². The summed E-state index contributed by atoms with van der Waals surface area (Å²) in [5.41, 5.74) is 7.51. The molecule has 2 aliphatic rings. The van der Waals surface area contributed by atoms with E-state index in [9.17, 15) is 8.42 Å². The fraction of sp³-hybridized carbons (Fsp3) is 0.571. The molecule has 19 heavy (non-hydrogen) atoms. The molecule has 4 nitrogen and oxygen atoms in total. The van der Waals surface area contributed by atoms with Crippen molar-refractivity contribution in [2.75, 3.05) is 11.5 Å². The molecule has 0 aliphatic heterocycles. The smallest absolute Gasteiger partial charge is 0.214 e. The van der Waals surface area contributed by atoms with Gasteiger partial charge in [0.15, 0.2) is 0 Å². The van der Waals surface area contributed by atoms with Crippen molar-refractivity contribution in [2.24, 2.45) is 5.92 Å². The molecule has 0 aromatic heterocycles. The highest BCUT2D eigenvalue weighted by atomic mass is 32.2. The number of rotatable bonds is 6. The van der Waals surface area contributed by atoms with Crippen LogP contribution in [-0.4, -0.2) is 24.5 Å². The van der Waals surface area contributed by atoms with Crippen LogP contribution in [0.1, 0.15) is 31.2 Å². The lowest BCUT2D eigenvalue weighted by Gasteiger charge is -2.22. The third-order valence-electron chi connectivity index (χ3n) is 3.84. The summed E-state index contributed by atoms with van der Waals surface area (Å²) in [7, 11) is -3.13. The van der Waals surface area contributed by atoms with E-state index in [2.05, 4.69) is 0 Å². The molecule has 0 spiro atoms. The van der Waals surface area contributed by atoms with E-state index < -0.39 is 10.0 Å². The van der Waals surface area contributed by atoms with Crippen molar-refractivity contribution in [2.45, 2.75) is 38.3 Å². The molecule has 1 aromatic rings. The van der Waals surface area contributed by atoms with Crippen LogP contribution in [0, 0.1) is 5.92 Å². The molecule has 0 saturated heterocycles. The minimum absolute atomic E-state index is 0.198. The summed E-state index contributed by atoms with van der Waals surface area (Å²) in [6.45, 7) is 0.423. The number of nitrogens with zero attached hydrogens (tertiary/aromatic N) is 1. The molecule has 0 atom stereocenters. The normalized spacial score (nSPS) is 19.8. The summed E-state index contributed by atoms with van der Waals surface area (Å²) in [6, 6.07) is 7.72. The van der Waals surface area contributed by atoms with E-state index in [-0.39, 0.29) is 6.04 Å². The molecule has 104 valence electrons. The highest BCUT2D eigenvalue weighted by Gasteiger charge is 2.40. The molecule has 1 aromatic carbocycles. The van der Waals surface area contributed by atoms with Crippen LogP contribution in [0.5, 0.6) is 0 Å². The molecule has 2 aliphatic carbocycles. The zero-order valence-corrected chi connectivity index (χ0v) is 11.8. The van der Waals surface area contributed by atoms with Crippen LogP contribution in [0.25, 0.3) is 0 Å². The van der Waals surface area contributed by atoms with E-state index in [1.165, 1.54) is 0 Å². The van der Waals surface area contributed by atoms with Crippen LogP contribution in [-0.2, 0) is 16.6 Å². The first-order valence-corrected chi connectivity index (χ1v) is 8.50. The number of nitrogens with two attached hydrogens (primary N) is 1. The predicted octanol–water partition coefficient (Wildman–Crippen LogP) is 1.97. The van der Waals surface area contributed by atoms with Crippen molar-refractivity contribution >= 4 is 15.7 Å². The van der Waals surface area contributed by atoms with Gasteiger partial charge in [-0.15, -0.1) is 0 Å². The van der Waals surface area contributed by atoms with Crippen LogP contribution in [0.15, 0.2) is 24.3 Å². The molecule has 2 saturated carbocycles. The monoisotopic (exact) mass is 280 g/mol. The SMILES string of the molecule is Nc1ccccc1CN(C1CC1)S(=O)(=O)CC1CC1. The molecule has 0 amide bonds. The molecule has 0 heterocycles. The number of para-hydroxylation sites is 1. The van der Waals surface area contributed by atoms with Gasteiger partial charge in [0.05, 0.1) is 5.75 Å². The van der Waals surface area contributed by atoms with Crippen LogP contribution < -0.4 is 5.73 Å². The van der Waals surface area contributed by atoms with Crippen LogP contribution in [0.4, 0.5) is 5.69 Å². The number of anilines is 1. The zero-order valence-electron chi connectivity index (χ0n) is 11.0. The number of sulfonamides is 1. The quantitative estimate of drug-likeness (QED) is 0.810. The lowest BCUT2D eigenvalue weighted by Crippen LogP contribution is -2.35. The third kappa shape index (κ3) is 3.09. The van der Waals surface area contributed by atoms with Gasteiger partial charge in [0.2, 0.25) is 10.0 Å². The van der Waals surface area contributed by atoms with Gasteiger partial charge in [0.25, 0.3) is 0 Å². The average molecular weight is 280 g/mol. The van der Waals surface area contributed by atoms with E-state index in [1.807, 2.05) is 24.3 Å². The number of hydrogen-bond donors (Lipinski definition) is 1. The summed E-state index contributed by atoms with van der Waals surface area (Å²) >= 11 is 0. The molecule has 0 bridgehead atoms. The lowest BCUT2D eigenvalue weighted by atomic mass is 10.2. The first-order chi connectivity index (χ1) is 9.06. The summed E-state index contributed by atoms with van der Waals surface area (Å²) in [5, 5.41) is 0. The zero-order chi connectivity index (χ0) is 13.5. The Hall–Kier alpha value is -1.07. The summed E-state index contributed by atoms with van der Waals surface area (Å²) in [5.74, 6) is 0.704. The van der Waals surface area contributed by atoms with Gasteiger partial charge in [-0.3, -0.25) is 0 Å². The van der Waals surface area contributed by atoms with Crippen LogP contribution in [0.2, 0.25) is 0 Å². The molecule has 2 fully saturated rings. The standard InChI is InChI=1S/C14H20N2O2S/c15-14-4-2-1-3-12(14)9-16(13-7-8-13)19(17,18)10-11-5-6-11/h1-4,11,13H,5-10,15H2. The maximum atomic E-state index is 12.5. The molecular formula is C14H20N2O2S. The Morgan fingerprint density at radius 2 is 1.84 bits per heavy atom. The molecule has 3 rings (SSSR count). The molecule has 5 heteroatoms. The van der Waals surface area contributed by atoms with Gasteiger partial charge >= 0.3 is 0 Å². The average Bonchev–Trinajstić information content (AvgIpc) is 3.21. The van der Waals surface area contributed by atoms with Crippen LogP contribution >= 0.6 is 0 Å². The maximum absolute atomic E-state index is 12.5. The number of hydrogen-bond acceptors (Lipinski definition) is 3. The molecule has 0 unspecified atom stereocenters. The Morgan fingerprint density at radius 1 is 1.16 bits per heavy atom. The first kappa shape index (κ1) is 12.9. The van der Waals surface area contributed by atoms with E-state index >= 15 is 0 Å². The lowest BCUT2D eigenvalue weighted by molar-refractivity contribution is 0.398. The van der Waals surface area contributed by atoms with Gasteiger partial charge in [-0.05, 0) is 43.2 Å². The Morgan fingerprint density at radius 3 is 2.42 bits per heavy atom. The number of nitrogen functional groups attached to an aromatic ring is 1. The third-order valence-corrected chi connectivity index (χ3v) is 5.87. The molecule has 2 N–H and O–H groups in total. The predicted molar refractivity (Wildman–Crippen MR) is 75.9 cm³/mol. The van der Waals surface area contributed by atoms with Crippen molar-refractivity contribution < 1.29 is 8.42 Å². The second-order valence-electron chi connectivity index (χ2n) is 5.70. The minimum atomic E-state index is -3.13. The Bertz CT molecular complexity index is 563. The van der Waals surface area contributed by atoms with Crippen LogP contribution in [0.3, 0.4) is 0 Å². The van der Waals surface area contributed by atoms with Crippen molar-refractivity contribution in [1.29, 1.82) is 0 Å². The highest BCUT2D eigenvalue weighted by Crippen LogP contribution is 2.36. The summed E-state index contributed by atoms with van der Waals surface area (Å²) in [6.07, 6.45) is 4.09. The van der Waals surface area contributed by atoms with Gasteiger partial charge < -0.3 is 5.73 Å². The fourth-order valence-electron chi connectivity index (χ4n) is 2.34. The molecule has 0 radical (unpaired) electrons. The minimum Gasteiger partial charge on any atom is -0.398 e. The van der Waals surface area contributed by atoms with E-state index in [1.54, 1.807) is 4.31 Å². The van der Waals surface area contributed by atoms with Gasteiger partial charge in [0, 0.05) is 18.3 Å². The van der Waals surface area contributed by atoms with E-state index in [0.29, 0.717) is 23.9 Å². The van der Waals surface area contributed by atoms with Gasteiger partial charge in [0.1, 0.15) is 0 Å². The van der Waals surface area contributed by atoms with Gasteiger partial charge in [-0.2, -0.15) is 4.31 Å². The maximum Gasteiger partial charge on any atom is 0.214 e. The second-order valence-corrected chi connectivity index (χ2v) is 7.66. The van der Waals surface area contributed by atoms with Crippen molar-refractivity contribution in [1.82, 2.24) is 4.31 Å². The summed E-state index contributed by atoms with van der Waals surface area (Å²) in [4.78, 5) is 0. The van der Waals surface area contributed by atoms with Gasteiger partial charge in [-0.25, -0.2) is 8.42 Å². The van der Waals surface area contributed by atoms with Gasteiger partial charge in [-0.1, -0.05) is 18.2 Å². The van der Waals surface area contributed by atoms with Crippen molar-refractivity contribution in [3.05, 3.63) is 29.8 Å². The second kappa shape index (κ2) is 4.80. The van der Waals surface area contributed by atoms with Crippen molar-refractivity contribution in [3.8, 4) is 0 Å². The fourth-order valence-corrected chi connectivity index (χ4v) is 4.46. The summed E-state index contributed by atoms with van der Waals surface area (Å²) < 4.78 is 26.6. The molecular weight excluding hydrogens is 260 g/mol. The number of benzene rings is 1. The Balaban J connectivity index is 1.79. The van der Waals surface area contributed by atoms with E-state index in [0.717, 1.165) is 31.2 Å². The topological polar surface area (TPSA) is 63.4 Å². The Kier molecular flexibility index (Phi) is 3.27. The Labute approximate surface area is 114 Å². The largest absolute Gasteiger partial charge is 0.398 e. The first-order valence-electron chi connectivity index (χ1n) is 6.89. The highest BCUT2D eigenvalue weighted by molar-refractivity contribution is 7.89.